The minimum Gasteiger partial charge on any atom is -0.480 e. The predicted octanol–water partition coefficient (Wildman–Crippen LogP) is 1.97. The number of carbonyl (C=O) groups excluding carboxylic acids is 3. The Balaban J connectivity index is 1.44. The van der Waals surface area contributed by atoms with Gasteiger partial charge in [-0.15, -0.1) is 0 Å². The number of hydrogen-bond acceptors (Lipinski definition) is 7. The van der Waals surface area contributed by atoms with Crippen LogP contribution in [0.5, 0.6) is 5.75 Å². The first-order valence-electron chi connectivity index (χ1n) is 13.9. The van der Waals surface area contributed by atoms with Gasteiger partial charge in [-0.25, -0.2) is 4.79 Å². The number of hydrogen-bond donors (Lipinski definition) is 4. The maximum atomic E-state index is 12.8. The summed E-state index contributed by atoms with van der Waals surface area (Å²) in [6, 6.07) is 4.79. The number of carboxylic acids is 1. The molecule has 2 atom stereocenters. The Hall–Kier alpha value is -3.18. The predicted molar refractivity (Wildman–Crippen MR) is 144 cm³/mol. The fourth-order valence-corrected chi connectivity index (χ4v) is 4.76. The molecule has 11 heteroatoms. The lowest BCUT2D eigenvalue weighted by Gasteiger charge is -2.33. The molecule has 2 aliphatic heterocycles. The van der Waals surface area contributed by atoms with E-state index in [9.17, 15) is 24.3 Å². The van der Waals surface area contributed by atoms with E-state index < -0.39 is 23.8 Å². The van der Waals surface area contributed by atoms with Crippen LogP contribution in [0.2, 0.25) is 0 Å². The minimum absolute atomic E-state index is 0.0737. The number of carboxylic acid groups (broad SMARTS) is 1. The van der Waals surface area contributed by atoms with Gasteiger partial charge in [0.2, 0.25) is 11.8 Å². The molecule has 0 bridgehead atoms. The summed E-state index contributed by atoms with van der Waals surface area (Å²) in [6.07, 6.45) is 4.89. The number of piperidine rings is 2. The number of nitrogens with one attached hydrogen (secondary N) is 3. The molecule has 1 aromatic carbocycles. The first-order valence-corrected chi connectivity index (χ1v) is 13.9. The maximum absolute atomic E-state index is 12.8. The summed E-state index contributed by atoms with van der Waals surface area (Å²) < 4.78 is 0. The van der Waals surface area contributed by atoms with Gasteiger partial charge >= 0.3 is 5.97 Å². The quantitative estimate of drug-likeness (QED) is 0.217. The van der Waals surface area contributed by atoms with Crippen molar-refractivity contribution in [2.24, 2.45) is 17.8 Å². The molecule has 3 rings (SSSR count). The average Bonchev–Trinajstić information content (AvgIpc) is 2.94. The molecule has 216 valence electrons. The largest absolute Gasteiger partial charge is 0.480 e. The summed E-state index contributed by atoms with van der Waals surface area (Å²) >= 11 is 0. The molecule has 0 saturated carbocycles. The van der Waals surface area contributed by atoms with Crippen LogP contribution in [0.3, 0.4) is 0 Å². The summed E-state index contributed by atoms with van der Waals surface area (Å²) in [4.78, 5) is 62.0. The van der Waals surface area contributed by atoms with Crippen LogP contribution in [0, 0.1) is 17.8 Å². The van der Waals surface area contributed by atoms with Crippen LogP contribution >= 0.6 is 0 Å². The van der Waals surface area contributed by atoms with Crippen molar-refractivity contribution in [2.45, 2.75) is 58.4 Å². The summed E-state index contributed by atoms with van der Waals surface area (Å²) in [5, 5.41) is 18.0. The number of amides is 3. The van der Waals surface area contributed by atoms with Gasteiger partial charge in [-0.1, -0.05) is 13.8 Å². The molecule has 0 spiro atoms. The number of carbonyl (C=O) groups is 4. The summed E-state index contributed by atoms with van der Waals surface area (Å²) in [5.41, 5.74) is 0.245. The van der Waals surface area contributed by atoms with E-state index in [1.165, 1.54) is 12.1 Å². The monoisotopic (exact) mass is 546 g/mol. The molecule has 2 saturated heterocycles. The van der Waals surface area contributed by atoms with E-state index in [-0.39, 0.29) is 23.9 Å². The molecule has 0 aliphatic carbocycles. The molecular formula is C28H42N4O7. The van der Waals surface area contributed by atoms with E-state index in [0.29, 0.717) is 50.1 Å². The Morgan fingerprint density at radius 2 is 1.82 bits per heavy atom. The molecule has 1 aromatic rings. The molecule has 39 heavy (non-hydrogen) atoms. The van der Waals surface area contributed by atoms with Gasteiger partial charge in [-0.3, -0.25) is 14.4 Å². The Morgan fingerprint density at radius 1 is 1.10 bits per heavy atom. The third-order valence-electron chi connectivity index (χ3n) is 7.13. The first kappa shape index (κ1) is 30.4. The number of rotatable bonds is 13. The van der Waals surface area contributed by atoms with Gasteiger partial charge in [0.1, 0.15) is 6.04 Å². The zero-order valence-electron chi connectivity index (χ0n) is 22.9. The molecule has 0 aromatic heterocycles. The Labute approximate surface area is 229 Å². The van der Waals surface area contributed by atoms with Gasteiger partial charge in [-0.2, -0.15) is 4.89 Å². The number of nitrogens with zero attached hydrogens (tertiary/aromatic N) is 1. The van der Waals surface area contributed by atoms with Crippen LogP contribution in [-0.2, 0) is 19.3 Å². The van der Waals surface area contributed by atoms with Gasteiger partial charge in [0.25, 0.3) is 5.91 Å². The highest BCUT2D eigenvalue weighted by molar-refractivity contribution is 5.96. The number of aliphatic carboxylic acids is 1. The van der Waals surface area contributed by atoms with E-state index >= 15 is 0 Å². The molecule has 3 amide bonds. The zero-order chi connectivity index (χ0) is 28.2. The van der Waals surface area contributed by atoms with Gasteiger partial charge < -0.3 is 30.8 Å². The van der Waals surface area contributed by atoms with Crippen LogP contribution in [0.25, 0.3) is 0 Å². The van der Waals surface area contributed by atoms with Crippen LogP contribution in [-0.4, -0.2) is 79.1 Å². The fourth-order valence-electron chi connectivity index (χ4n) is 4.76. The summed E-state index contributed by atoms with van der Waals surface area (Å²) in [7, 11) is 0. The van der Waals surface area contributed by atoms with Crippen molar-refractivity contribution < 1.29 is 34.1 Å². The topological polar surface area (TPSA) is 146 Å². The van der Waals surface area contributed by atoms with E-state index in [2.05, 4.69) is 16.0 Å². The van der Waals surface area contributed by atoms with Crippen molar-refractivity contribution in [1.82, 2.24) is 20.9 Å². The van der Waals surface area contributed by atoms with Crippen molar-refractivity contribution >= 4 is 23.7 Å². The smallest absolute Gasteiger partial charge is 0.328 e. The second-order valence-electron chi connectivity index (χ2n) is 10.8. The lowest BCUT2D eigenvalue weighted by atomic mass is 9.92. The number of benzene rings is 1. The lowest BCUT2D eigenvalue weighted by Crippen LogP contribution is -2.51. The average molecular weight is 547 g/mol. The minimum atomic E-state index is -1.31. The van der Waals surface area contributed by atoms with E-state index in [1.807, 2.05) is 13.8 Å². The molecule has 0 radical (unpaired) electrons. The second-order valence-corrected chi connectivity index (χ2v) is 10.8. The van der Waals surface area contributed by atoms with Crippen LogP contribution < -0.4 is 20.8 Å². The van der Waals surface area contributed by atoms with Crippen LogP contribution in [0.15, 0.2) is 24.3 Å². The lowest BCUT2D eigenvalue weighted by molar-refractivity contribution is -0.214. The Bertz CT molecular complexity index is 963. The third-order valence-corrected chi connectivity index (χ3v) is 7.13. The van der Waals surface area contributed by atoms with Gasteiger partial charge in [0.15, 0.2) is 5.75 Å². The molecule has 2 aliphatic rings. The van der Waals surface area contributed by atoms with E-state index in [4.69, 9.17) is 9.78 Å². The van der Waals surface area contributed by atoms with Crippen molar-refractivity contribution in [2.75, 3.05) is 39.3 Å². The second kappa shape index (κ2) is 15.4. The van der Waals surface area contributed by atoms with Crippen LogP contribution in [0.4, 0.5) is 0 Å². The zero-order valence-corrected chi connectivity index (χ0v) is 22.9. The summed E-state index contributed by atoms with van der Waals surface area (Å²) in [5.74, 6) is -1.20. The van der Waals surface area contributed by atoms with Gasteiger partial charge in [0, 0.05) is 31.6 Å². The molecule has 11 nitrogen and oxygen atoms in total. The fraction of sp³-hybridized carbons (Fsp3) is 0.643. The molecule has 2 heterocycles. The highest BCUT2D eigenvalue weighted by Gasteiger charge is 2.30. The molecule has 2 fully saturated rings. The summed E-state index contributed by atoms with van der Waals surface area (Å²) in [6.45, 7) is 7.09. The third kappa shape index (κ3) is 10.1. The highest BCUT2D eigenvalue weighted by Crippen LogP contribution is 2.21. The van der Waals surface area contributed by atoms with Gasteiger partial charge in [-0.05, 0) is 81.3 Å². The van der Waals surface area contributed by atoms with Crippen molar-refractivity contribution in [1.29, 1.82) is 0 Å². The SMILES string of the molecule is CC(C)COOc1ccc(C(=O)NC(CNC(=O)[C@@H]2CCCN(C(=O)CCC3CCNCC3)C2)C(=O)O)cc1. The standard InChI is InChI=1S/C28H42N4O7/c1-19(2)18-38-39-23-8-6-21(7-9-23)27(35)31-24(28(36)37)16-30-26(34)22-4-3-15-32(17-22)25(33)10-5-20-11-13-29-14-12-20/h6-9,19-20,22,24,29H,3-5,10-18H2,1-2H3,(H,30,34)(H,31,35)(H,36,37)/t22-,24?/m1/s1. The van der Waals surface area contributed by atoms with E-state index in [0.717, 1.165) is 38.8 Å². The van der Waals surface area contributed by atoms with Crippen molar-refractivity contribution in [3.05, 3.63) is 29.8 Å². The molecule has 1 unspecified atom stereocenters. The highest BCUT2D eigenvalue weighted by atomic mass is 17.2. The maximum Gasteiger partial charge on any atom is 0.328 e. The van der Waals surface area contributed by atoms with E-state index in [1.54, 1.807) is 17.0 Å². The Morgan fingerprint density at radius 3 is 2.49 bits per heavy atom. The van der Waals surface area contributed by atoms with Crippen LogP contribution in [0.1, 0.15) is 62.7 Å². The number of likely N-dealkylation sites (tertiary alicyclic amines) is 1. The molecule has 4 N–H and O–H groups in total. The molecular weight excluding hydrogens is 504 g/mol. The normalized spacial score (nSPS) is 18.8. The Kier molecular flexibility index (Phi) is 12.0. The van der Waals surface area contributed by atoms with Crippen molar-refractivity contribution in [3.63, 3.8) is 0 Å². The first-order chi connectivity index (χ1) is 18.7. The van der Waals surface area contributed by atoms with Crippen molar-refractivity contribution in [3.8, 4) is 5.75 Å². The van der Waals surface area contributed by atoms with Gasteiger partial charge in [0.05, 0.1) is 12.5 Å².